The quantitative estimate of drug-likeness (QED) is 0.0519. The average Bonchev–Trinajstić information content (AvgIpc) is 3.78. The molecule has 13 heteroatoms. The molecule has 1 aliphatic heterocycles. The molecule has 6 aromatic rings. The van der Waals surface area contributed by atoms with Crippen LogP contribution in [-0.2, 0) is 21.9 Å². The summed E-state index contributed by atoms with van der Waals surface area (Å²) in [5.41, 5.74) is 4.64. The van der Waals surface area contributed by atoms with Gasteiger partial charge in [0.1, 0.15) is 23.7 Å². The molecule has 3 aromatic carbocycles. The van der Waals surface area contributed by atoms with Crippen LogP contribution in [0.4, 0.5) is 5.13 Å². The fourth-order valence-electron chi connectivity index (χ4n) is 5.67. The number of pyridine rings is 1. The SMILES string of the molecule is Cc1cccn2c(C)c(C(O)=C3C(=O)C(=O)N(c4nnc(SCc5ccc(Cl)cc5Cl)s4)C3c3cccc(OCc4ccccc4)c3)nc12. The van der Waals surface area contributed by atoms with Crippen LogP contribution in [0.25, 0.3) is 11.4 Å². The van der Waals surface area contributed by atoms with Crippen molar-refractivity contribution in [2.24, 2.45) is 0 Å². The highest BCUT2D eigenvalue weighted by Crippen LogP contribution is 2.45. The van der Waals surface area contributed by atoms with Gasteiger partial charge in [-0.1, -0.05) is 101 Å². The van der Waals surface area contributed by atoms with E-state index in [1.807, 2.05) is 66.1 Å². The Hall–Kier alpha value is -4.68. The average molecular weight is 729 g/mol. The second-order valence-electron chi connectivity index (χ2n) is 11.3. The summed E-state index contributed by atoms with van der Waals surface area (Å²) in [6.45, 7) is 4.04. The predicted molar refractivity (Wildman–Crippen MR) is 193 cm³/mol. The highest BCUT2D eigenvalue weighted by molar-refractivity contribution is 8.00. The van der Waals surface area contributed by atoms with Crippen LogP contribution >= 0.6 is 46.3 Å². The molecule has 246 valence electrons. The highest BCUT2D eigenvalue weighted by atomic mass is 35.5. The zero-order valence-electron chi connectivity index (χ0n) is 26.1. The monoisotopic (exact) mass is 727 g/mol. The Morgan fingerprint density at radius 2 is 1.80 bits per heavy atom. The maximum atomic E-state index is 13.9. The van der Waals surface area contributed by atoms with Crippen LogP contribution in [0, 0.1) is 13.8 Å². The summed E-state index contributed by atoms with van der Waals surface area (Å²) in [7, 11) is 0. The lowest BCUT2D eigenvalue weighted by atomic mass is 9.96. The third kappa shape index (κ3) is 6.42. The Labute approximate surface area is 299 Å². The summed E-state index contributed by atoms with van der Waals surface area (Å²) in [5, 5.41) is 21.8. The number of hydrogen-bond acceptors (Lipinski definition) is 9. The van der Waals surface area contributed by atoms with Crippen LogP contribution in [0.15, 0.2) is 101 Å². The van der Waals surface area contributed by atoms with Crippen molar-refractivity contribution >= 4 is 74.5 Å². The second kappa shape index (κ2) is 13.7. The maximum absolute atomic E-state index is 13.9. The first-order valence-electron chi connectivity index (χ1n) is 15.1. The minimum Gasteiger partial charge on any atom is -0.505 e. The number of imidazole rings is 1. The molecule has 49 heavy (non-hydrogen) atoms. The van der Waals surface area contributed by atoms with Crippen LogP contribution in [0.5, 0.6) is 5.75 Å². The maximum Gasteiger partial charge on any atom is 0.301 e. The van der Waals surface area contributed by atoms with Gasteiger partial charge in [0, 0.05) is 22.0 Å². The van der Waals surface area contributed by atoms with Gasteiger partial charge < -0.3 is 14.2 Å². The van der Waals surface area contributed by atoms with Crippen LogP contribution in [-0.4, -0.2) is 36.4 Å². The van der Waals surface area contributed by atoms with Crippen LogP contribution < -0.4 is 9.64 Å². The number of amides is 1. The number of benzene rings is 3. The molecule has 1 unspecified atom stereocenters. The molecule has 1 N–H and O–H groups in total. The minimum absolute atomic E-state index is 0.105. The number of rotatable bonds is 9. The van der Waals surface area contributed by atoms with Gasteiger partial charge in [0.15, 0.2) is 10.1 Å². The number of ketones is 1. The fraction of sp³-hybridized carbons (Fsp3) is 0.139. The van der Waals surface area contributed by atoms with E-state index in [9.17, 15) is 14.7 Å². The van der Waals surface area contributed by atoms with Crippen molar-refractivity contribution in [3.8, 4) is 5.75 Å². The molecule has 7 rings (SSSR count). The van der Waals surface area contributed by atoms with Gasteiger partial charge in [-0.15, -0.1) is 10.2 Å². The number of Topliss-reactive ketones (excluding diaryl/α,β-unsaturated/α-hetero) is 1. The van der Waals surface area contributed by atoms with E-state index >= 15 is 0 Å². The van der Waals surface area contributed by atoms with E-state index in [1.165, 1.54) is 16.7 Å². The van der Waals surface area contributed by atoms with Gasteiger partial charge in [-0.05, 0) is 66.4 Å². The number of aromatic nitrogens is 4. The number of halogens is 2. The molecule has 0 spiro atoms. The van der Waals surface area contributed by atoms with Crippen LogP contribution in [0.1, 0.15) is 39.7 Å². The number of aryl methyl sites for hydroxylation is 2. The Morgan fingerprint density at radius 1 is 0.980 bits per heavy atom. The molecular weight excluding hydrogens is 701 g/mol. The fourth-order valence-corrected chi connectivity index (χ4v) is 8.10. The molecule has 3 aromatic heterocycles. The first-order valence-corrected chi connectivity index (χ1v) is 17.7. The smallest absolute Gasteiger partial charge is 0.301 e. The summed E-state index contributed by atoms with van der Waals surface area (Å²) >= 11 is 15.0. The molecule has 0 radical (unpaired) electrons. The van der Waals surface area contributed by atoms with E-state index in [4.69, 9.17) is 32.9 Å². The van der Waals surface area contributed by atoms with E-state index in [2.05, 4.69) is 10.2 Å². The number of thioether (sulfide) groups is 1. The van der Waals surface area contributed by atoms with E-state index < -0.39 is 17.7 Å². The zero-order valence-corrected chi connectivity index (χ0v) is 29.3. The third-order valence-corrected chi connectivity index (χ3v) is 10.8. The van der Waals surface area contributed by atoms with Crippen molar-refractivity contribution in [3.05, 3.63) is 140 Å². The summed E-state index contributed by atoms with van der Waals surface area (Å²) in [5.74, 6) is -1.06. The molecule has 1 atom stereocenters. The Balaban J connectivity index is 1.29. The van der Waals surface area contributed by atoms with E-state index in [1.54, 1.807) is 43.3 Å². The number of fused-ring (bicyclic) bond motifs is 1. The molecule has 1 saturated heterocycles. The van der Waals surface area contributed by atoms with Gasteiger partial charge in [-0.2, -0.15) is 0 Å². The van der Waals surface area contributed by atoms with Crippen molar-refractivity contribution in [2.75, 3.05) is 4.90 Å². The van der Waals surface area contributed by atoms with Crippen molar-refractivity contribution in [3.63, 3.8) is 0 Å². The molecule has 0 saturated carbocycles. The number of aliphatic hydroxyl groups is 1. The largest absolute Gasteiger partial charge is 0.505 e. The highest BCUT2D eigenvalue weighted by Gasteiger charge is 2.49. The molecule has 0 bridgehead atoms. The second-order valence-corrected chi connectivity index (χ2v) is 14.3. The van der Waals surface area contributed by atoms with Crippen LogP contribution in [0.2, 0.25) is 10.0 Å². The van der Waals surface area contributed by atoms with Crippen molar-refractivity contribution < 1.29 is 19.4 Å². The first-order chi connectivity index (χ1) is 23.7. The molecule has 1 fully saturated rings. The number of nitrogens with zero attached hydrogens (tertiary/aromatic N) is 5. The van der Waals surface area contributed by atoms with E-state index in [0.717, 1.165) is 28.0 Å². The standard InChI is InChI=1S/C36H27Cl2N5O4S2/c1-20-8-7-15-42-21(2)29(39-33(20)42)31(44)28-30(23-11-6-12-26(16-23)47-18-22-9-4-3-5-10-22)43(34(46)32(28)45)35-40-41-36(49-35)48-19-24-13-14-25(37)17-27(24)38/h3-17,30,44H,18-19H2,1-2H3. The summed E-state index contributed by atoms with van der Waals surface area (Å²) in [6.07, 6.45) is 1.84. The van der Waals surface area contributed by atoms with Gasteiger partial charge >= 0.3 is 5.91 Å². The summed E-state index contributed by atoms with van der Waals surface area (Å²) in [6, 6.07) is 24.9. The van der Waals surface area contributed by atoms with Gasteiger partial charge in [-0.25, -0.2) is 4.98 Å². The molecule has 1 aliphatic rings. The molecular formula is C36H27Cl2N5O4S2. The number of anilines is 1. The van der Waals surface area contributed by atoms with Gasteiger partial charge in [0.05, 0.1) is 17.3 Å². The first kappa shape index (κ1) is 32.8. The molecule has 1 amide bonds. The normalized spacial score (nSPS) is 15.8. The Bertz CT molecular complexity index is 2270. The Morgan fingerprint density at radius 3 is 2.57 bits per heavy atom. The van der Waals surface area contributed by atoms with Crippen molar-refractivity contribution in [1.82, 2.24) is 19.6 Å². The van der Waals surface area contributed by atoms with Crippen molar-refractivity contribution in [1.29, 1.82) is 0 Å². The molecule has 0 aliphatic carbocycles. The molecule has 9 nitrogen and oxygen atoms in total. The number of carbonyl (C=O) groups is 2. The predicted octanol–water partition coefficient (Wildman–Crippen LogP) is 8.61. The zero-order chi connectivity index (χ0) is 34.2. The number of carbonyl (C=O) groups excluding carboxylic acids is 2. The topological polar surface area (TPSA) is 110 Å². The van der Waals surface area contributed by atoms with E-state index in [-0.39, 0.29) is 22.2 Å². The number of hydrogen-bond donors (Lipinski definition) is 1. The van der Waals surface area contributed by atoms with E-state index in [0.29, 0.717) is 49.4 Å². The summed E-state index contributed by atoms with van der Waals surface area (Å²) in [4.78, 5) is 33.8. The van der Waals surface area contributed by atoms with Crippen molar-refractivity contribution in [2.45, 2.75) is 36.6 Å². The number of aliphatic hydroxyl groups excluding tert-OH is 1. The van der Waals surface area contributed by atoms with Gasteiger partial charge in [0.25, 0.3) is 5.78 Å². The van der Waals surface area contributed by atoms with Crippen LogP contribution in [0.3, 0.4) is 0 Å². The Kier molecular flexibility index (Phi) is 9.17. The minimum atomic E-state index is -1.04. The van der Waals surface area contributed by atoms with Gasteiger partial charge in [0.2, 0.25) is 5.13 Å². The lowest BCUT2D eigenvalue weighted by Gasteiger charge is -2.23. The number of ether oxygens (including phenoxy) is 1. The lowest BCUT2D eigenvalue weighted by Crippen LogP contribution is -2.29. The lowest BCUT2D eigenvalue weighted by molar-refractivity contribution is -0.132. The molecule has 4 heterocycles. The summed E-state index contributed by atoms with van der Waals surface area (Å²) < 4.78 is 8.51. The van der Waals surface area contributed by atoms with Gasteiger partial charge in [-0.3, -0.25) is 14.5 Å². The third-order valence-electron chi connectivity index (χ3n) is 8.14.